The third kappa shape index (κ3) is 5.07. The third-order valence-corrected chi connectivity index (χ3v) is 6.88. The molecule has 7 nitrogen and oxygen atoms in total. The average Bonchev–Trinajstić information content (AvgIpc) is 3.54. The maximum absolute atomic E-state index is 13.5. The molecule has 1 amide bonds. The number of nitriles is 1. The summed E-state index contributed by atoms with van der Waals surface area (Å²) >= 11 is 7.38. The molecular weight excluding hydrogens is 513 g/mol. The molecule has 182 valence electrons. The smallest absolute Gasteiger partial charge is 0.271 e. The number of fused-ring (bicyclic) bond motifs is 1. The molecule has 0 aliphatic rings. The maximum atomic E-state index is 13.5. The first-order valence-corrected chi connectivity index (χ1v) is 12.2. The summed E-state index contributed by atoms with van der Waals surface area (Å²) in [6, 6.07) is 18.1. The minimum absolute atomic E-state index is 0.0106. The lowest BCUT2D eigenvalue weighted by Gasteiger charge is -2.05. The van der Waals surface area contributed by atoms with Gasteiger partial charge < -0.3 is 9.67 Å². The molecule has 0 radical (unpaired) electrons. The molecule has 3 aromatic carbocycles. The Hall–Kier alpha value is -4.52. The van der Waals surface area contributed by atoms with Crippen molar-refractivity contribution in [2.45, 2.75) is 6.54 Å². The highest BCUT2D eigenvalue weighted by Gasteiger charge is 2.11. The number of rotatable bonds is 6. The monoisotopic (exact) mass is 529 g/mol. The molecule has 5 rings (SSSR count). The highest BCUT2D eigenvalue weighted by molar-refractivity contribution is 7.13. The number of amides is 1. The molecule has 0 aliphatic carbocycles. The fourth-order valence-corrected chi connectivity index (χ4v) is 4.79. The molecule has 37 heavy (non-hydrogen) atoms. The SMILES string of the molecule is N#Cc1cc(C(=O)NN=Cc2cccc3c2ccn3Cc2csc(-c3ccc(F)c(Cl)c3)n2)ccc1O. The summed E-state index contributed by atoms with van der Waals surface area (Å²) in [5.41, 5.74) is 6.05. The van der Waals surface area contributed by atoms with Crippen LogP contribution < -0.4 is 5.43 Å². The van der Waals surface area contributed by atoms with E-state index >= 15 is 0 Å². The summed E-state index contributed by atoms with van der Waals surface area (Å²) in [6.45, 7) is 0.536. The number of hydrogen-bond acceptors (Lipinski definition) is 6. The summed E-state index contributed by atoms with van der Waals surface area (Å²) in [5, 5.41) is 26.4. The van der Waals surface area contributed by atoms with Gasteiger partial charge in [-0.3, -0.25) is 4.79 Å². The Morgan fingerprint density at radius 2 is 2.11 bits per heavy atom. The van der Waals surface area contributed by atoms with Crippen LogP contribution in [0.4, 0.5) is 4.39 Å². The van der Waals surface area contributed by atoms with Crippen LogP contribution in [0.1, 0.15) is 27.2 Å². The maximum Gasteiger partial charge on any atom is 0.271 e. The van der Waals surface area contributed by atoms with E-state index < -0.39 is 11.7 Å². The van der Waals surface area contributed by atoms with Crippen molar-refractivity contribution in [1.82, 2.24) is 15.0 Å². The Bertz CT molecular complexity index is 1720. The van der Waals surface area contributed by atoms with E-state index in [0.717, 1.165) is 32.7 Å². The molecule has 0 saturated heterocycles. The number of hydrazone groups is 1. The largest absolute Gasteiger partial charge is 0.507 e. The first-order valence-electron chi connectivity index (χ1n) is 11.0. The zero-order valence-corrected chi connectivity index (χ0v) is 20.6. The van der Waals surface area contributed by atoms with Gasteiger partial charge in [0.1, 0.15) is 22.6 Å². The zero-order valence-electron chi connectivity index (χ0n) is 19.0. The number of carbonyl (C=O) groups is 1. The van der Waals surface area contributed by atoms with Gasteiger partial charge in [-0.2, -0.15) is 10.4 Å². The predicted octanol–water partition coefficient (Wildman–Crippen LogP) is 5.95. The lowest BCUT2D eigenvalue weighted by molar-refractivity contribution is 0.0955. The van der Waals surface area contributed by atoms with Gasteiger partial charge in [-0.15, -0.1) is 11.3 Å². The highest BCUT2D eigenvalue weighted by Crippen LogP contribution is 2.28. The van der Waals surface area contributed by atoms with Gasteiger partial charge in [-0.05, 0) is 48.5 Å². The Labute approximate surface area is 219 Å². The number of phenols is 1. The summed E-state index contributed by atoms with van der Waals surface area (Å²) in [5.74, 6) is -1.15. The molecule has 0 saturated carbocycles. The topological polar surface area (TPSA) is 103 Å². The van der Waals surface area contributed by atoms with Crippen LogP contribution in [0.3, 0.4) is 0 Å². The van der Waals surface area contributed by atoms with Gasteiger partial charge in [0.05, 0.1) is 29.0 Å². The van der Waals surface area contributed by atoms with Crippen molar-refractivity contribution < 1.29 is 14.3 Å². The molecule has 2 heterocycles. The zero-order chi connectivity index (χ0) is 25.9. The lowest BCUT2D eigenvalue weighted by Crippen LogP contribution is -2.17. The normalized spacial score (nSPS) is 11.2. The average molecular weight is 530 g/mol. The molecule has 0 atom stereocenters. The van der Waals surface area contributed by atoms with E-state index in [2.05, 4.69) is 20.1 Å². The Balaban J connectivity index is 1.32. The molecule has 10 heteroatoms. The van der Waals surface area contributed by atoms with Gasteiger partial charge in [0.15, 0.2) is 0 Å². The Morgan fingerprint density at radius 3 is 2.92 bits per heavy atom. The number of halogens is 2. The summed E-state index contributed by atoms with van der Waals surface area (Å²) in [7, 11) is 0. The van der Waals surface area contributed by atoms with Crippen molar-refractivity contribution in [3.8, 4) is 22.4 Å². The number of aromatic hydroxyl groups is 1. The van der Waals surface area contributed by atoms with Crippen molar-refractivity contribution >= 4 is 46.0 Å². The number of carbonyl (C=O) groups excluding carboxylic acids is 1. The minimum Gasteiger partial charge on any atom is -0.507 e. The van der Waals surface area contributed by atoms with Crippen LogP contribution in [-0.2, 0) is 6.54 Å². The van der Waals surface area contributed by atoms with Crippen LogP contribution in [0, 0.1) is 17.1 Å². The Kier molecular flexibility index (Phi) is 6.68. The van der Waals surface area contributed by atoms with Crippen molar-refractivity contribution in [2.24, 2.45) is 5.10 Å². The van der Waals surface area contributed by atoms with Gasteiger partial charge in [0.2, 0.25) is 0 Å². The second kappa shape index (κ2) is 10.2. The standard InChI is InChI=1S/C27H17ClFN5O2S/c28-22-11-17(4-6-23(22)29)27-32-20(15-37-27)14-34-9-8-21-18(2-1-3-24(21)34)13-31-33-26(36)16-5-7-25(35)19(10-16)12-30/h1-11,13,15,35H,14H2,(H,33,36). The number of nitrogens with one attached hydrogen (secondary N) is 1. The van der Waals surface area contributed by atoms with Crippen LogP contribution in [0.2, 0.25) is 5.02 Å². The van der Waals surface area contributed by atoms with E-state index in [9.17, 15) is 14.3 Å². The number of phenolic OH excluding ortho intramolecular Hbond substituents is 1. The van der Waals surface area contributed by atoms with Crippen LogP contribution in [0.25, 0.3) is 21.5 Å². The number of aromatic nitrogens is 2. The molecule has 0 aliphatic heterocycles. The van der Waals surface area contributed by atoms with E-state index in [4.69, 9.17) is 16.9 Å². The first kappa shape index (κ1) is 24.2. The summed E-state index contributed by atoms with van der Waals surface area (Å²) < 4.78 is 15.5. The van der Waals surface area contributed by atoms with E-state index in [1.165, 1.54) is 35.6 Å². The molecule has 2 N–H and O–H groups in total. The third-order valence-electron chi connectivity index (χ3n) is 5.65. The molecule has 5 aromatic rings. The van der Waals surface area contributed by atoms with Crippen LogP contribution in [0.15, 0.2) is 77.3 Å². The van der Waals surface area contributed by atoms with E-state index in [1.807, 2.05) is 41.9 Å². The minimum atomic E-state index is -0.501. The fourth-order valence-electron chi connectivity index (χ4n) is 3.81. The molecule has 0 spiro atoms. The van der Waals surface area contributed by atoms with Gasteiger partial charge in [0, 0.05) is 39.2 Å². The van der Waals surface area contributed by atoms with Crippen LogP contribution in [-0.4, -0.2) is 26.8 Å². The number of thiazole rings is 1. The predicted molar refractivity (Wildman–Crippen MR) is 141 cm³/mol. The second-order valence-electron chi connectivity index (χ2n) is 8.04. The van der Waals surface area contributed by atoms with Gasteiger partial charge >= 0.3 is 0 Å². The Morgan fingerprint density at radius 1 is 1.24 bits per heavy atom. The van der Waals surface area contributed by atoms with Gasteiger partial charge in [-0.1, -0.05) is 23.7 Å². The van der Waals surface area contributed by atoms with Gasteiger partial charge in [0.25, 0.3) is 5.91 Å². The molecule has 0 fully saturated rings. The molecular formula is C27H17ClFN5O2S. The van der Waals surface area contributed by atoms with Crippen molar-refractivity contribution in [2.75, 3.05) is 0 Å². The van der Waals surface area contributed by atoms with Crippen LogP contribution >= 0.6 is 22.9 Å². The summed E-state index contributed by atoms with van der Waals surface area (Å²) in [4.78, 5) is 17.1. The number of nitrogens with zero attached hydrogens (tertiary/aromatic N) is 4. The van der Waals surface area contributed by atoms with Crippen molar-refractivity contribution in [3.05, 3.63) is 105 Å². The fraction of sp³-hybridized carbons (Fsp3) is 0.0370. The second-order valence-corrected chi connectivity index (χ2v) is 9.30. The van der Waals surface area contributed by atoms with Crippen molar-refractivity contribution in [1.29, 1.82) is 5.26 Å². The first-order chi connectivity index (χ1) is 17.9. The lowest BCUT2D eigenvalue weighted by atomic mass is 10.1. The van der Waals surface area contributed by atoms with E-state index in [1.54, 1.807) is 18.3 Å². The highest BCUT2D eigenvalue weighted by atomic mass is 35.5. The van der Waals surface area contributed by atoms with Gasteiger partial charge in [-0.25, -0.2) is 14.8 Å². The number of hydrogen-bond donors (Lipinski definition) is 2. The van der Waals surface area contributed by atoms with Crippen molar-refractivity contribution in [3.63, 3.8) is 0 Å². The molecule has 2 aromatic heterocycles. The van der Waals surface area contributed by atoms with E-state index in [-0.39, 0.29) is 21.9 Å². The van der Waals surface area contributed by atoms with Crippen LogP contribution in [0.5, 0.6) is 5.75 Å². The molecule has 0 unspecified atom stereocenters. The van der Waals surface area contributed by atoms with E-state index in [0.29, 0.717) is 6.54 Å². The molecule has 0 bridgehead atoms. The number of benzene rings is 3. The quantitative estimate of drug-likeness (QED) is 0.209. The summed E-state index contributed by atoms with van der Waals surface area (Å²) in [6.07, 6.45) is 3.50.